The van der Waals surface area contributed by atoms with Crippen LogP contribution in [0.1, 0.15) is 30.5 Å². The first-order valence-corrected chi connectivity index (χ1v) is 11.6. The summed E-state index contributed by atoms with van der Waals surface area (Å²) in [6, 6.07) is 21.7. The first-order chi connectivity index (χ1) is 16.3. The molecule has 1 unspecified atom stereocenters. The van der Waals surface area contributed by atoms with E-state index in [1.807, 2.05) is 54.6 Å². The zero-order valence-corrected chi connectivity index (χ0v) is 20.2. The number of hydrogen-bond donors (Lipinski definition) is 1. The third-order valence-electron chi connectivity index (χ3n) is 6.89. The van der Waals surface area contributed by atoms with E-state index in [4.69, 9.17) is 21.1 Å². The molecule has 5 nitrogen and oxygen atoms in total. The van der Waals surface area contributed by atoms with E-state index >= 15 is 0 Å². The van der Waals surface area contributed by atoms with Gasteiger partial charge in [0.15, 0.2) is 11.5 Å². The quantitative estimate of drug-likeness (QED) is 0.507. The standard InChI is InChI=1S/C28H27ClN2O3/c1-27(2)22-6-4-5-7-23(22)31-17-26(32)30-28(27,31)15-14-19-10-13-24(25(16-19)33-3)34-18-20-8-11-21(29)12-9-20/h4-16H,17-18H2,1-3H3,(H,30,32)/b15-14+. The molecular formula is C28H27ClN2O3. The van der Waals surface area contributed by atoms with Crippen molar-refractivity contribution >= 4 is 29.3 Å². The second kappa shape index (κ2) is 8.41. The van der Waals surface area contributed by atoms with Gasteiger partial charge in [-0.05, 0) is 53.1 Å². The molecule has 1 fully saturated rings. The van der Waals surface area contributed by atoms with Crippen LogP contribution in [-0.4, -0.2) is 25.2 Å². The molecular weight excluding hydrogens is 448 g/mol. The fourth-order valence-corrected chi connectivity index (χ4v) is 5.13. The van der Waals surface area contributed by atoms with Crippen LogP contribution in [0.5, 0.6) is 11.5 Å². The van der Waals surface area contributed by atoms with Crippen LogP contribution in [0.25, 0.3) is 6.08 Å². The van der Waals surface area contributed by atoms with Crippen molar-refractivity contribution in [3.63, 3.8) is 0 Å². The van der Waals surface area contributed by atoms with E-state index in [2.05, 4.69) is 48.3 Å². The van der Waals surface area contributed by atoms with Crippen LogP contribution >= 0.6 is 11.6 Å². The summed E-state index contributed by atoms with van der Waals surface area (Å²) < 4.78 is 11.6. The Morgan fingerprint density at radius 1 is 1.06 bits per heavy atom. The minimum Gasteiger partial charge on any atom is -0.493 e. The number of rotatable bonds is 6. The normalized spacial score (nSPS) is 20.2. The van der Waals surface area contributed by atoms with Crippen LogP contribution in [0.2, 0.25) is 5.02 Å². The number of ether oxygens (including phenoxy) is 2. The molecule has 0 spiro atoms. The third kappa shape index (κ3) is 3.61. The zero-order valence-electron chi connectivity index (χ0n) is 19.5. The molecule has 0 aliphatic carbocycles. The molecule has 3 aromatic carbocycles. The van der Waals surface area contributed by atoms with Gasteiger partial charge >= 0.3 is 0 Å². The first kappa shape index (κ1) is 22.4. The highest BCUT2D eigenvalue weighted by atomic mass is 35.5. The molecule has 0 aromatic heterocycles. The van der Waals surface area contributed by atoms with Crippen molar-refractivity contribution in [1.82, 2.24) is 5.32 Å². The van der Waals surface area contributed by atoms with Gasteiger partial charge < -0.3 is 19.7 Å². The summed E-state index contributed by atoms with van der Waals surface area (Å²) in [5, 5.41) is 3.95. The summed E-state index contributed by atoms with van der Waals surface area (Å²) in [5.41, 5.74) is 3.36. The summed E-state index contributed by atoms with van der Waals surface area (Å²) in [7, 11) is 1.63. The Morgan fingerprint density at radius 2 is 1.82 bits per heavy atom. The van der Waals surface area contributed by atoms with Crippen LogP contribution in [0.4, 0.5) is 5.69 Å². The highest BCUT2D eigenvalue weighted by Gasteiger charge is 2.59. The Balaban J connectivity index is 1.41. The Morgan fingerprint density at radius 3 is 2.59 bits per heavy atom. The van der Waals surface area contributed by atoms with Crippen molar-refractivity contribution in [2.24, 2.45) is 0 Å². The van der Waals surface area contributed by atoms with E-state index < -0.39 is 5.66 Å². The van der Waals surface area contributed by atoms with Gasteiger partial charge in [0.1, 0.15) is 12.3 Å². The Bertz CT molecular complexity index is 1270. The lowest BCUT2D eigenvalue weighted by Crippen LogP contribution is -2.58. The molecule has 2 aliphatic heterocycles. The molecule has 1 N–H and O–H groups in total. The van der Waals surface area contributed by atoms with Gasteiger partial charge in [-0.25, -0.2) is 0 Å². The fourth-order valence-electron chi connectivity index (χ4n) is 5.01. The van der Waals surface area contributed by atoms with Gasteiger partial charge in [-0.2, -0.15) is 0 Å². The van der Waals surface area contributed by atoms with Crippen molar-refractivity contribution in [2.75, 3.05) is 18.6 Å². The number of amides is 1. The fraction of sp³-hybridized carbons (Fsp3) is 0.250. The van der Waals surface area contributed by atoms with Crippen molar-refractivity contribution in [3.8, 4) is 11.5 Å². The lowest BCUT2D eigenvalue weighted by atomic mass is 9.75. The average molecular weight is 475 g/mol. The third-order valence-corrected chi connectivity index (χ3v) is 7.14. The van der Waals surface area contributed by atoms with E-state index in [0.29, 0.717) is 29.7 Å². The van der Waals surface area contributed by atoms with Gasteiger partial charge in [-0.15, -0.1) is 0 Å². The van der Waals surface area contributed by atoms with Crippen LogP contribution in [0, 0.1) is 0 Å². The number of anilines is 1. The number of nitrogens with one attached hydrogen (secondary N) is 1. The highest BCUT2D eigenvalue weighted by Crippen LogP contribution is 2.52. The number of carbonyl (C=O) groups excluding carboxylic acids is 1. The molecule has 3 aromatic rings. The van der Waals surface area contributed by atoms with Crippen LogP contribution < -0.4 is 19.7 Å². The Kier molecular flexibility index (Phi) is 5.53. The second-order valence-corrected chi connectivity index (χ2v) is 9.64. The minimum atomic E-state index is -0.634. The van der Waals surface area contributed by atoms with E-state index in [0.717, 1.165) is 16.8 Å². The number of para-hydroxylation sites is 1. The largest absolute Gasteiger partial charge is 0.493 e. The number of hydrogen-bond acceptors (Lipinski definition) is 4. The maximum atomic E-state index is 12.5. The lowest BCUT2D eigenvalue weighted by Gasteiger charge is -2.40. The molecule has 2 heterocycles. The Hall–Kier alpha value is -3.44. The average Bonchev–Trinajstić information content (AvgIpc) is 3.27. The number of benzene rings is 3. The first-order valence-electron chi connectivity index (χ1n) is 11.3. The molecule has 1 atom stereocenters. The zero-order chi connectivity index (χ0) is 23.9. The number of nitrogens with zero attached hydrogens (tertiary/aromatic N) is 1. The van der Waals surface area contributed by atoms with Crippen molar-refractivity contribution in [1.29, 1.82) is 0 Å². The number of methoxy groups -OCH3 is 1. The van der Waals surface area contributed by atoms with Crippen LogP contribution in [-0.2, 0) is 16.8 Å². The summed E-state index contributed by atoms with van der Waals surface area (Å²) >= 11 is 5.96. The molecule has 6 heteroatoms. The molecule has 5 rings (SSSR count). The second-order valence-electron chi connectivity index (χ2n) is 9.20. The lowest BCUT2D eigenvalue weighted by molar-refractivity contribution is -0.118. The van der Waals surface area contributed by atoms with E-state index in [1.54, 1.807) is 7.11 Å². The van der Waals surface area contributed by atoms with Crippen molar-refractivity contribution in [3.05, 3.63) is 94.5 Å². The van der Waals surface area contributed by atoms with Crippen LogP contribution in [0.15, 0.2) is 72.8 Å². The molecule has 2 aliphatic rings. The van der Waals surface area contributed by atoms with E-state index in [-0.39, 0.29) is 11.3 Å². The minimum absolute atomic E-state index is 0.0238. The summed E-state index contributed by atoms with van der Waals surface area (Å²) in [4.78, 5) is 14.7. The van der Waals surface area contributed by atoms with Crippen molar-refractivity contribution in [2.45, 2.75) is 31.5 Å². The van der Waals surface area contributed by atoms with Gasteiger partial charge in [0.25, 0.3) is 0 Å². The van der Waals surface area contributed by atoms with Gasteiger partial charge in [-0.3, -0.25) is 4.79 Å². The maximum absolute atomic E-state index is 12.5. The molecule has 1 amide bonds. The molecule has 0 bridgehead atoms. The molecule has 34 heavy (non-hydrogen) atoms. The van der Waals surface area contributed by atoms with Gasteiger partial charge in [-0.1, -0.05) is 67.9 Å². The SMILES string of the molecule is COc1cc(/C=C/C23NC(=O)CN2c2ccccc2C3(C)C)ccc1OCc1ccc(Cl)cc1. The smallest absolute Gasteiger partial charge is 0.241 e. The van der Waals surface area contributed by atoms with Gasteiger partial charge in [0.05, 0.1) is 13.7 Å². The number of fused-ring (bicyclic) bond motifs is 3. The highest BCUT2D eigenvalue weighted by molar-refractivity contribution is 6.30. The van der Waals surface area contributed by atoms with E-state index in [9.17, 15) is 4.79 Å². The van der Waals surface area contributed by atoms with Gasteiger partial charge in [0, 0.05) is 16.1 Å². The summed E-state index contributed by atoms with van der Waals surface area (Å²) in [6.07, 6.45) is 4.14. The van der Waals surface area contributed by atoms with Crippen molar-refractivity contribution < 1.29 is 14.3 Å². The maximum Gasteiger partial charge on any atom is 0.241 e. The van der Waals surface area contributed by atoms with Crippen LogP contribution in [0.3, 0.4) is 0 Å². The Labute approximate surface area is 204 Å². The summed E-state index contributed by atoms with van der Waals surface area (Å²) in [6.45, 7) is 5.11. The van der Waals surface area contributed by atoms with Gasteiger partial charge in [0.2, 0.25) is 5.91 Å². The number of carbonyl (C=O) groups is 1. The topological polar surface area (TPSA) is 50.8 Å². The predicted octanol–water partition coefficient (Wildman–Crippen LogP) is 5.56. The molecule has 0 saturated carbocycles. The van der Waals surface area contributed by atoms with E-state index in [1.165, 1.54) is 5.56 Å². The monoisotopic (exact) mass is 474 g/mol. The number of halogens is 1. The molecule has 174 valence electrons. The molecule has 0 radical (unpaired) electrons. The summed E-state index contributed by atoms with van der Waals surface area (Å²) in [5.74, 6) is 1.34. The molecule has 1 saturated heterocycles. The predicted molar refractivity (Wildman–Crippen MR) is 135 cm³/mol.